The van der Waals surface area contributed by atoms with Crippen LogP contribution in [0.2, 0.25) is 0 Å². The molecule has 2 aliphatic rings. The summed E-state index contributed by atoms with van der Waals surface area (Å²) in [7, 11) is 0. The molecule has 41 heavy (non-hydrogen) atoms. The van der Waals surface area contributed by atoms with Gasteiger partial charge in [0.25, 0.3) is 0 Å². The fraction of sp³-hybridized carbons (Fsp3) is 0. The second-order valence-corrected chi connectivity index (χ2v) is 9.60. The molecule has 0 saturated carbocycles. The maximum Gasteiger partial charge on any atom is -0.693 e. The van der Waals surface area contributed by atoms with E-state index in [1.807, 2.05) is 84.9 Å². The van der Waals surface area contributed by atoms with Crippen LogP contribution in [-0.2, 0) is 15.3 Å². The van der Waals surface area contributed by atoms with Gasteiger partial charge >= 0.3 is 206 Å². The van der Waals surface area contributed by atoms with Gasteiger partial charge in [0, 0.05) is 5.39 Å². The van der Waals surface area contributed by atoms with E-state index >= 15 is 0 Å². The molecule has 0 atom stereocenters. The number of allylic oxidation sites excluding steroid dienone is 1. The number of H-pyrrole nitrogens is 2. The molecule has 3 aromatic heterocycles. The van der Waals surface area contributed by atoms with Gasteiger partial charge in [-0.1, -0.05) is 24.3 Å². The first-order valence-corrected chi connectivity index (χ1v) is 13.2. The summed E-state index contributed by atoms with van der Waals surface area (Å²) in [5.74, 6) is 2.23. The Labute approximate surface area is 241 Å². The standard InChI is InChI=1S/C31H17N8.Co.H2N/c1-2-9-17-16-24-32-25(17)34-27-20-12-5-6-13-21(20)29(36-27)38-31-23-15-8-7-14-22(23)30(39-31)37-28-19-11-4-3-10-18(19)26(33-24)35-28;;/h1-15H,(H2,32,33,34,35,36,37,38,39);;1H2/q-1;;-1/b9-2-;;. The summed E-state index contributed by atoms with van der Waals surface area (Å²) in [5.41, 5.74) is 6.70. The second-order valence-electron chi connectivity index (χ2n) is 9.26. The molecule has 0 spiro atoms. The SMILES string of the molecule is [Co]=[CH]/C=C\c1[c-]c2nc3nc(nc4[nH]c(nc5nc(nc1[nH]2)-c1ccccc1-5)c1ccccc41)-c1ccccc1-3.[NH2-]. The van der Waals surface area contributed by atoms with Gasteiger partial charge in [0.05, 0.1) is 0 Å². The van der Waals surface area contributed by atoms with Crippen LogP contribution in [-0.4, -0.2) is 44.8 Å². The normalized spacial score (nSPS) is 11.7. The molecular formula is C31H19CoN9-2. The van der Waals surface area contributed by atoms with E-state index < -0.39 is 0 Å². The summed E-state index contributed by atoms with van der Waals surface area (Å²) in [5, 5.41) is 1.88. The van der Waals surface area contributed by atoms with Gasteiger partial charge in [-0.15, -0.1) is 0 Å². The van der Waals surface area contributed by atoms with Gasteiger partial charge in [-0.3, -0.25) is 0 Å². The molecule has 5 heterocycles. The maximum absolute atomic E-state index is 4.99. The number of nitrogens with one attached hydrogen (secondary N) is 2. The smallest absolute Gasteiger partial charge is 0.693 e. The fourth-order valence-electron chi connectivity index (χ4n) is 5.06. The molecule has 4 N–H and O–H groups in total. The number of benzene rings is 3. The molecule has 9 nitrogen and oxygen atoms in total. The fourth-order valence-corrected chi connectivity index (χ4v) is 5.16. The van der Waals surface area contributed by atoms with Crippen molar-refractivity contribution in [1.29, 1.82) is 0 Å². The van der Waals surface area contributed by atoms with Crippen LogP contribution in [0.4, 0.5) is 0 Å². The Bertz CT molecular complexity index is 2210. The van der Waals surface area contributed by atoms with Crippen molar-refractivity contribution in [2.45, 2.75) is 0 Å². The first-order chi connectivity index (χ1) is 19.7. The second kappa shape index (κ2) is 9.79. The number of hydrogen-bond acceptors (Lipinski definition) is 6. The Morgan fingerprint density at radius 2 is 1.02 bits per heavy atom. The molecule has 8 rings (SSSR count). The zero-order chi connectivity index (χ0) is 26.6. The minimum Gasteiger partial charge on any atom is -0.693 e. The van der Waals surface area contributed by atoms with Crippen LogP contribution in [0.5, 0.6) is 0 Å². The Balaban J connectivity index is 0.00000276. The molecule has 0 saturated heterocycles. The third kappa shape index (κ3) is 4.09. The topological polar surface area (TPSA) is 142 Å². The van der Waals surface area contributed by atoms with E-state index in [4.69, 9.17) is 29.9 Å². The predicted octanol–water partition coefficient (Wildman–Crippen LogP) is 6.60. The van der Waals surface area contributed by atoms with Crippen LogP contribution in [0.25, 0.3) is 91.1 Å². The van der Waals surface area contributed by atoms with Gasteiger partial charge in [0.2, 0.25) is 0 Å². The molecular weight excluding hydrogens is 557 g/mol. The van der Waals surface area contributed by atoms with Gasteiger partial charge < -0.3 is 6.15 Å². The Kier molecular flexibility index (Phi) is 5.93. The molecule has 2 aliphatic heterocycles. The summed E-state index contributed by atoms with van der Waals surface area (Å²) >= 11 is 4.25. The van der Waals surface area contributed by atoms with Crippen LogP contribution >= 0.6 is 0 Å². The quantitative estimate of drug-likeness (QED) is 0.222. The average molecular weight is 576 g/mol. The number of hydrogen-bond donors (Lipinski definition) is 2. The number of nitrogens with zero attached hydrogens (tertiary/aromatic N) is 6. The van der Waals surface area contributed by atoms with Crippen LogP contribution in [0.1, 0.15) is 5.56 Å². The Morgan fingerprint density at radius 1 is 0.561 bits per heavy atom. The van der Waals surface area contributed by atoms with Crippen molar-refractivity contribution in [3.63, 3.8) is 0 Å². The molecule has 3 aromatic carbocycles. The van der Waals surface area contributed by atoms with E-state index in [1.54, 1.807) is 4.96 Å². The van der Waals surface area contributed by atoms with E-state index in [0.29, 0.717) is 45.9 Å². The molecule has 0 fully saturated rings. The molecule has 0 aliphatic carbocycles. The number of aromatic amines is 2. The summed E-state index contributed by atoms with van der Waals surface area (Å²) in [6, 6.07) is 27.2. The van der Waals surface area contributed by atoms with Gasteiger partial charge in [-0.25, -0.2) is 0 Å². The number of nitrogens with two attached hydrogens (primary N) is 1. The van der Waals surface area contributed by atoms with E-state index in [2.05, 4.69) is 31.3 Å². The van der Waals surface area contributed by atoms with E-state index in [1.165, 1.54) is 0 Å². The summed E-state index contributed by atoms with van der Waals surface area (Å²) in [6.45, 7) is 0. The van der Waals surface area contributed by atoms with Crippen LogP contribution < -0.4 is 0 Å². The van der Waals surface area contributed by atoms with Crippen molar-refractivity contribution >= 4 is 44.4 Å². The number of rotatable bonds is 2. The third-order valence-corrected chi connectivity index (χ3v) is 7.06. The number of aromatic nitrogens is 8. The first-order valence-electron chi connectivity index (χ1n) is 12.6. The average Bonchev–Trinajstić information content (AvgIpc) is 3.72. The Hall–Kier alpha value is -5.16. The van der Waals surface area contributed by atoms with Crippen LogP contribution in [0, 0.1) is 6.07 Å². The molecule has 10 heteroatoms. The minimum absolute atomic E-state index is 0. The third-order valence-electron chi connectivity index (χ3n) is 6.86. The first kappa shape index (κ1) is 24.8. The summed E-state index contributed by atoms with van der Waals surface area (Å²) in [4.78, 5) is 37.8. The molecule has 199 valence electrons. The number of fused-ring (bicyclic) bond motifs is 17. The molecule has 0 radical (unpaired) electrons. The summed E-state index contributed by atoms with van der Waals surface area (Å²) in [6.07, 6.45) is 3.68. The van der Waals surface area contributed by atoms with Gasteiger partial charge in [0.15, 0.2) is 0 Å². The van der Waals surface area contributed by atoms with Crippen LogP contribution in [0.15, 0.2) is 78.9 Å². The van der Waals surface area contributed by atoms with Crippen molar-refractivity contribution in [1.82, 2.24) is 39.9 Å². The van der Waals surface area contributed by atoms with Crippen molar-refractivity contribution in [3.8, 4) is 45.6 Å². The monoisotopic (exact) mass is 576 g/mol. The zero-order valence-corrected chi connectivity index (χ0v) is 22.3. The van der Waals surface area contributed by atoms with Gasteiger partial charge in [-0.2, -0.15) is 0 Å². The van der Waals surface area contributed by atoms with Gasteiger partial charge in [-0.05, 0) is 0 Å². The van der Waals surface area contributed by atoms with Gasteiger partial charge in [0.1, 0.15) is 0 Å². The minimum atomic E-state index is 0. The maximum atomic E-state index is 4.99. The largest absolute Gasteiger partial charge is 0.693 e. The van der Waals surface area contributed by atoms with Crippen molar-refractivity contribution in [3.05, 3.63) is 96.7 Å². The van der Waals surface area contributed by atoms with Crippen LogP contribution in [0.3, 0.4) is 0 Å². The molecule has 0 unspecified atom stereocenters. The Morgan fingerprint density at radius 3 is 1.54 bits per heavy atom. The molecule has 0 amide bonds. The predicted molar refractivity (Wildman–Crippen MR) is 158 cm³/mol. The van der Waals surface area contributed by atoms with E-state index in [-0.39, 0.29) is 6.15 Å². The summed E-state index contributed by atoms with van der Waals surface area (Å²) < 4.78 is 0. The molecule has 6 aromatic rings. The van der Waals surface area contributed by atoms with Crippen molar-refractivity contribution < 1.29 is 15.3 Å². The van der Waals surface area contributed by atoms with E-state index in [9.17, 15) is 0 Å². The van der Waals surface area contributed by atoms with Crippen molar-refractivity contribution in [2.75, 3.05) is 0 Å². The van der Waals surface area contributed by atoms with E-state index in [0.717, 1.165) is 38.6 Å². The zero-order valence-electron chi connectivity index (χ0n) is 21.3. The molecule has 8 bridgehead atoms. The van der Waals surface area contributed by atoms with Crippen molar-refractivity contribution in [2.24, 2.45) is 0 Å².